The van der Waals surface area contributed by atoms with Crippen LogP contribution in [-0.2, 0) is 16.1 Å². The van der Waals surface area contributed by atoms with Gasteiger partial charge in [0.25, 0.3) is 0 Å². The van der Waals surface area contributed by atoms with Crippen molar-refractivity contribution in [3.63, 3.8) is 0 Å². The average molecular weight is 429 g/mol. The average Bonchev–Trinajstić information content (AvgIpc) is 2.77. The molecule has 1 aliphatic rings. The lowest BCUT2D eigenvalue weighted by molar-refractivity contribution is -0.177. The molecule has 0 unspecified atom stereocenters. The van der Waals surface area contributed by atoms with Crippen LogP contribution in [0.25, 0.3) is 0 Å². The van der Waals surface area contributed by atoms with Gasteiger partial charge >= 0.3 is 6.03 Å². The zero-order valence-electron chi connectivity index (χ0n) is 17.8. The molecule has 1 aromatic heterocycles. The number of rotatable bonds is 8. The molecule has 3 rings (SSSR count). The fourth-order valence-corrected chi connectivity index (χ4v) is 3.66. The van der Waals surface area contributed by atoms with Crippen LogP contribution in [0.4, 0.5) is 20.6 Å². The minimum atomic E-state index is -0.549. The topological polar surface area (TPSA) is 95.6 Å². The molecule has 3 amide bonds. The van der Waals surface area contributed by atoms with E-state index in [-0.39, 0.29) is 11.1 Å². The normalized spacial score (nSPS) is 18.3. The van der Waals surface area contributed by atoms with Gasteiger partial charge in [0.1, 0.15) is 5.82 Å². The summed E-state index contributed by atoms with van der Waals surface area (Å²) < 4.78 is 14.4. The number of pyridine rings is 1. The number of anilines is 2. The minimum Gasteiger partial charge on any atom is -0.316 e. The second-order valence-electron chi connectivity index (χ2n) is 7.96. The zero-order valence-corrected chi connectivity index (χ0v) is 17.8. The van der Waals surface area contributed by atoms with Crippen molar-refractivity contribution >= 4 is 23.8 Å². The van der Waals surface area contributed by atoms with Crippen molar-refractivity contribution in [2.75, 3.05) is 37.4 Å². The maximum atomic E-state index is 14.4. The molecule has 0 spiro atoms. The Bertz CT molecular complexity index is 901. The third kappa shape index (κ3) is 6.47. The highest BCUT2D eigenvalue weighted by Crippen LogP contribution is 2.32. The number of urea groups is 1. The molecule has 9 heteroatoms. The van der Waals surface area contributed by atoms with Gasteiger partial charge in [-0.25, -0.2) is 14.2 Å². The first-order chi connectivity index (χ1) is 14.9. The molecular formula is C22H28FN5O3. The first kappa shape index (κ1) is 22.6. The van der Waals surface area contributed by atoms with Gasteiger partial charge in [0, 0.05) is 24.7 Å². The number of nitrogens with zero attached hydrogens (tertiary/aromatic N) is 2. The molecule has 3 N–H and O–H groups in total. The number of aryl methyl sites for hydroxylation is 1. The standard InChI is InChI=1S/C22H28FN5O3/c1-16-4-6-18(12-25-16)26-21(30)27-20-10-17(5-7-19(20)23)11-22(8-3-9-24-13-22)14-31-28(2)15-29/h4-7,10,12,15,24H,3,8-9,11,13-14H2,1-2H3,(H2,26,27,30)/t22-/m0/s1. The third-order valence-corrected chi connectivity index (χ3v) is 5.31. The molecule has 8 nitrogen and oxygen atoms in total. The van der Waals surface area contributed by atoms with Crippen molar-refractivity contribution in [1.29, 1.82) is 0 Å². The van der Waals surface area contributed by atoms with Gasteiger partial charge in [0.2, 0.25) is 6.41 Å². The quantitative estimate of drug-likeness (QED) is 0.443. The second kappa shape index (κ2) is 10.3. The first-order valence-electron chi connectivity index (χ1n) is 10.2. The van der Waals surface area contributed by atoms with Crippen LogP contribution >= 0.6 is 0 Å². The SMILES string of the molecule is Cc1ccc(NC(=O)Nc2cc(C[C@@]3(CON(C)C=O)CCCNC3)ccc2F)cn1. The largest absolute Gasteiger partial charge is 0.323 e. The van der Waals surface area contributed by atoms with Crippen LogP contribution < -0.4 is 16.0 Å². The molecule has 1 aromatic carbocycles. The number of halogens is 1. The fraction of sp³-hybridized carbons (Fsp3) is 0.409. The van der Waals surface area contributed by atoms with Crippen molar-refractivity contribution < 1.29 is 18.8 Å². The summed E-state index contributed by atoms with van der Waals surface area (Å²) in [5.74, 6) is -0.520. The van der Waals surface area contributed by atoms with Crippen molar-refractivity contribution in [3.05, 3.63) is 53.6 Å². The van der Waals surface area contributed by atoms with Gasteiger partial charge in [-0.3, -0.25) is 14.6 Å². The van der Waals surface area contributed by atoms with Gasteiger partial charge in [0.05, 0.1) is 24.2 Å². The molecule has 1 fully saturated rings. The summed E-state index contributed by atoms with van der Waals surface area (Å²) in [6.45, 7) is 3.86. The number of benzene rings is 1. The van der Waals surface area contributed by atoms with Crippen LogP contribution in [0, 0.1) is 18.2 Å². The van der Waals surface area contributed by atoms with Crippen LogP contribution in [-0.4, -0.2) is 49.2 Å². The van der Waals surface area contributed by atoms with Gasteiger partial charge in [-0.1, -0.05) is 6.07 Å². The van der Waals surface area contributed by atoms with Crippen LogP contribution in [0.1, 0.15) is 24.1 Å². The molecular weight excluding hydrogens is 401 g/mol. The molecule has 0 saturated carbocycles. The lowest BCUT2D eigenvalue weighted by Gasteiger charge is -2.38. The maximum absolute atomic E-state index is 14.4. The predicted molar refractivity (Wildman–Crippen MR) is 116 cm³/mol. The number of hydrogen-bond donors (Lipinski definition) is 3. The molecule has 166 valence electrons. The Labute approximate surface area is 181 Å². The Kier molecular flexibility index (Phi) is 7.54. The summed E-state index contributed by atoms with van der Waals surface area (Å²) in [7, 11) is 1.55. The van der Waals surface area contributed by atoms with Gasteiger partial charge in [-0.05, 0) is 62.6 Å². The Balaban J connectivity index is 1.70. The van der Waals surface area contributed by atoms with E-state index < -0.39 is 11.8 Å². The summed E-state index contributed by atoms with van der Waals surface area (Å²) >= 11 is 0. The van der Waals surface area contributed by atoms with Crippen molar-refractivity contribution in [3.8, 4) is 0 Å². The van der Waals surface area contributed by atoms with Crippen LogP contribution in [0.15, 0.2) is 36.5 Å². The van der Waals surface area contributed by atoms with Crippen LogP contribution in [0.5, 0.6) is 0 Å². The van der Waals surface area contributed by atoms with Gasteiger partial charge in [0.15, 0.2) is 0 Å². The van der Waals surface area contributed by atoms with E-state index in [0.717, 1.165) is 42.3 Å². The Morgan fingerprint density at radius 2 is 2.19 bits per heavy atom. The molecule has 1 atom stereocenters. The van der Waals surface area contributed by atoms with Gasteiger partial charge in [-0.2, -0.15) is 0 Å². The molecule has 1 saturated heterocycles. The molecule has 0 bridgehead atoms. The number of carbonyl (C=O) groups excluding carboxylic acids is 2. The highest BCUT2D eigenvalue weighted by Gasteiger charge is 2.33. The Hall–Kier alpha value is -3.04. The smallest absolute Gasteiger partial charge is 0.316 e. The lowest BCUT2D eigenvalue weighted by atomic mass is 9.76. The van der Waals surface area contributed by atoms with E-state index in [1.165, 1.54) is 12.3 Å². The highest BCUT2D eigenvalue weighted by atomic mass is 19.1. The summed E-state index contributed by atoms with van der Waals surface area (Å²) in [5.41, 5.74) is 2.08. The number of carbonyl (C=O) groups is 2. The third-order valence-electron chi connectivity index (χ3n) is 5.31. The molecule has 1 aliphatic heterocycles. The van der Waals surface area contributed by atoms with Crippen molar-refractivity contribution in [2.24, 2.45) is 5.41 Å². The summed E-state index contributed by atoms with van der Waals surface area (Å²) in [5, 5.41) is 9.74. The van der Waals surface area contributed by atoms with E-state index in [1.807, 2.05) is 6.92 Å². The van der Waals surface area contributed by atoms with E-state index >= 15 is 0 Å². The molecule has 31 heavy (non-hydrogen) atoms. The first-order valence-corrected chi connectivity index (χ1v) is 10.2. The number of amides is 3. The van der Waals surface area contributed by atoms with E-state index in [4.69, 9.17) is 4.84 Å². The molecule has 2 heterocycles. The maximum Gasteiger partial charge on any atom is 0.323 e. The molecule has 0 aliphatic carbocycles. The van der Waals surface area contributed by atoms with Crippen molar-refractivity contribution in [1.82, 2.24) is 15.4 Å². The van der Waals surface area contributed by atoms with Crippen LogP contribution in [0.2, 0.25) is 0 Å². The Morgan fingerprint density at radius 3 is 2.87 bits per heavy atom. The molecule has 2 aromatic rings. The number of hydroxylamine groups is 2. The van der Waals surface area contributed by atoms with E-state index in [9.17, 15) is 14.0 Å². The summed E-state index contributed by atoms with van der Waals surface area (Å²) in [6, 6.07) is 7.65. The number of piperidine rings is 1. The number of aromatic nitrogens is 1. The van der Waals surface area contributed by atoms with E-state index in [2.05, 4.69) is 20.9 Å². The van der Waals surface area contributed by atoms with Crippen LogP contribution in [0.3, 0.4) is 0 Å². The Morgan fingerprint density at radius 1 is 1.35 bits per heavy atom. The highest BCUT2D eigenvalue weighted by molar-refractivity contribution is 5.99. The van der Waals surface area contributed by atoms with E-state index in [1.54, 1.807) is 31.3 Å². The van der Waals surface area contributed by atoms with Crippen molar-refractivity contribution in [2.45, 2.75) is 26.2 Å². The van der Waals surface area contributed by atoms with Gasteiger partial charge < -0.3 is 16.0 Å². The second-order valence-corrected chi connectivity index (χ2v) is 7.96. The molecule has 0 radical (unpaired) electrons. The van der Waals surface area contributed by atoms with Gasteiger partial charge in [-0.15, -0.1) is 0 Å². The zero-order chi connectivity index (χ0) is 22.3. The number of nitrogens with one attached hydrogen (secondary N) is 3. The van der Waals surface area contributed by atoms with E-state index in [0.29, 0.717) is 25.1 Å². The summed E-state index contributed by atoms with van der Waals surface area (Å²) in [4.78, 5) is 32.9. The lowest BCUT2D eigenvalue weighted by Crippen LogP contribution is -2.45. The number of hydrogen-bond acceptors (Lipinski definition) is 5. The minimum absolute atomic E-state index is 0.0971. The fourth-order valence-electron chi connectivity index (χ4n) is 3.66. The monoisotopic (exact) mass is 429 g/mol. The summed E-state index contributed by atoms with van der Waals surface area (Å²) in [6.07, 6.45) is 4.66. The predicted octanol–water partition coefficient (Wildman–Crippen LogP) is 3.11.